The molecule has 1 aliphatic carbocycles. The first kappa shape index (κ1) is 18.1. The van der Waals surface area contributed by atoms with Crippen molar-refractivity contribution < 1.29 is 9.59 Å². The summed E-state index contributed by atoms with van der Waals surface area (Å²) in [6.45, 7) is 2.96. The Labute approximate surface area is 164 Å². The van der Waals surface area contributed by atoms with Gasteiger partial charge in [-0.3, -0.25) is 9.59 Å². The molecule has 2 aromatic rings. The number of carbonyl (C=O) groups excluding carboxylic acids is 2. The van der Waals surface area contributed by atoms with Crippen molar-refractivity contribution in [1.29, 1.82) is 0 Å². The van der Waals surface area contributed by atoms with Crippen molar-refractivity contribution in [3.05, 3.63) is 70.2 Å². The molecule has 0 radical (unpaired) electrons. The van der Waals surface area contributed by atoms with Crippen LogP contribution in [0.2, 0.25) is 5.02 Å². The number of rotatable bonds is 5. The summed E-state index contributed by atoms with van der Waals surface area (Å²) in [6.07, 6.45) is 2.80. The van der Waals surface area contributed by atoms with E-state index in [1.54, 1.807) is 4.90 Å². The molecule has 140 valence electrons. The van der Waals surface area contributed by atoms with Crippen LogP contribution in [-0.4, -0.2) is 28.8 Å². The standard InChI is InChI=1S/C22H23ClN2O2/c1-22(21(27)24-13-15-8-10-18(23)11-9-15)12-17-4-2-3-5-19(17)20(26)25(22)14-16-6-7-16/h2-5,8-11,16H,6-7,12-14H2,1H3,(H,24,27). The highest BCUT2D eigenvalue weighted by molar-refractivity contribution is 6.30. The van der Waals surface area contributed by atoms with Crippen molar-refractivity contribution in [3.8, 4) is 0 Å². The van der Waals surface area contributed by atoms with E-state index in [0.717, 1.165) is 29.5 Å². The molecule has 2 aromatic carbocycles. The quantitative estimate of drug-likeness (QED) is 0.854. The van der Waals surface area contributed by atoms with Gasteiger partial charge in [-0.1, -0.05) is 41.9 Å². The Balaban J connectivity index is 1.58. The largest absolute Gasteiger partial charge is 0.350 e. The molecule has 1 atom stereocenters. The van der Waals surface area contributed by atoms with Crippen LogP contribution in [0.15, 0.2) is 48.5 Å². The molecule has 4 nitrogen and oxygen atoms in total. The molecule has 0 bridgehead atoms. The average molecular weight is 383 g/mol. The van der Waals surface area contributed by atoms with E-state index in [0.29, 0.717) is 30.5 Å². The minimum absolute atomic E-state index is 0.0344. The average Bonchev–Trinajstić information content (AvgIpc) is 3.48. The minimum atomic E-state index is -0.875. The Kier molecular flexibility index (Phi) is 4.68. The van der Waals surface area contributed by atoms with Crippen LogP contribution in [0.1, 0.15) is 41.3 Å². The fraction of sp³-hybridized carbons (Fsp3) is 0.364. The topological polar surface area (TPSA) is 49.4 Å². The highest BCUT2D eigenvalue weighted by atomic mass is 35.5. The Hall–Kier alpha value is -2.33. The van der Waals surface area contributed by atoms with Crippen LogP contribution >= 0.6 is 11.6 Å². The van der Waals surface area contributed by atoms with Gasteiger partial charge in [0, 0.05) is 30.1 Å². The second kappa shape index (κ2) is 7.01. The normalized spacial score (nSPS) is 21.7. The van der Waals surface area contributed by atoms with Crippen LogP contribution < -0.4 is 5.32 Å². The zero-order valence-electron chi connectivity index (χ0n) is 15.4. The number of hydrogen-bond acceptors (Lipinski definition) is 2. The highest BCUT2D eigenvalue weighted by Gasteiger charge is 2.48. The van der Waals surface area contributed by atoms with E-state index in [1.807, 2.05) is 55.5 Å². The number of fused-ring (bicyclic) bond motifs is 1. The predicted octanol–water partition coefficient (Wildman–Crippen LogP) is 3.82. The molecule has 5 heteroatoms. The van der Waals surface area contributed by atoms with E-state index < -0.39 is 5.54 Å². The van der Waals surface area contributed by atoms with Crippen LogP contribution in [0.3, 0.4) is 0 Å². The first-order valence-corrected chi connectivity index (χ1v) is 9.78. The maximum Gasteiger partial charge on any atom is 0.255 e. The highest BCUT2D eigenvalue weighted by Crippen LogP contribution is 2.37. The molecule has 1 aliphatic heterocycles. The van der Waals surface area contributed by atoms with Gasteiger partial charge in [0.25, 0.3) is 5.91 Å². The minimum Gasteiger partial charge on any atom is -0.350 e. The molecule has 27 heavy (non-hydrogen) atoms. The zero-order valence-corrected chi connectivity index (χ0v) is 16.1. The molecule has 1 N–H and O–H groups in total. The molecule has 0 spiro atoms. The summed E-state index contributed by atoms with van der Waals surface area (Å²) in [5.74, 6) is 0.372. The third-order valence-corrected chi connectivity index (χ3v) is 5.87. The van der Waals surface area contributed by atoms with Crippen LogP contribution in [0.5, 0.6) is 0 Å². The van der Waals surface area contributed by atoms with E-state index in [2.05, 4.69) is 5.32 Å². The van der Waals surface area contributed by atoms with E-state index >= 15 is 0 Å². The lowest BCUT2D eigenvalue weighted by Crippen LogP contribution is -2.62. The van der Waals surface area contributed by atoms with Crippen molar-refractivity contribution in [2.24, 2.45) is 5.92 Å². The Bertz CT molecular complexity index is 876. The molecule has 0 aromatic heterocycles. The summed E-state index contributed by atoms with van der Waals surface area (Å²) in [6, 6.07) is 15.0. The van der Waals surface area contributed by atoms with Crippen LogP contribution in [0.4, 0.5) is 0 Å². The van der Waals surface area contributed by atoms with Gasteiger partial charge in [0.05, 0.1) is 0 Å². The number of amides is 2. The third-order valence-electron chi connectivity index (χ3n) is 5.62. The van der Waals surface area contributed by atoms with Crippen LogP contribution in [0.25, 0.3) is 0 Å². The summed E-state index contributed by atoms with van der Waals surface area (Å²) in [5, 5.41) is 3.70. The van der Waals surface area contributed by atoms with Crippen molar-refractivity contribution >= 4 is 23.4 Å². The van der Waals surface area contributed by atoms with Gasteiger partial charge in [0.2, 0.25) is 5.91 Å². The monoisotopic (exact) mass is 382 g/mol. The first-order chi connectivity index (χ1) is 13.0. The van der Waals surface area contributed by atoms with Crippen molar-refractivity contribution in [2.45, 2.75) is 38.3 Å². The molecule has 2 aliphatic rings. The first-order valence-electron chi connectivity index (χ1n) is 9.40. The van der Waals surface area contributed by atoms with E-state index in [1.165, 1.54) is 0 Å². The number of hydrogen-bond donors (Lipinski definition) is 1. The van der Waals surface area contributed by atoms with Gasteiger partial charge in [-0.15, -0.1) is 0 Å². The second-order valence-corrected chi connectivity index (χ2v) is 8.21. The van der Waals surface area contributed by atoms with Gasteiger partial charge in [-0.25, -0.2) is 0 Å². The van der Waals surface area contributed by atoms with Crippen molar-refractivity contribution in [3.63, 3.8) is 0 Å². The molecular weight excluding hydrogens is 360 g/mol. The summed E-state index contributed by atoms with van der Waals surface area (Å²) < 4.78 is 0. The molecule has 1 fully saturated rings. The van der Waals surface area contributed by atoms with Gasteiger partial charge in [0.15, 0.2) is 0 Å². The molecule has 1 unspecified atom stereocenters. The molecule has 4 rings (SSSR count). The maximum atomic E-state index is 13.2. The predicted molar refractivity (Wildman–Crippen MR) is 106 cm³/mol. The summed E-state index contributed by atoms with van der Waals surface area (Å²) in [7, 11) is 0. The van der Waals surface area contributed by atoms with Crippen LogP contribution in [-0.2, 0) is 17.8 Å². The molecule has 0 saturated heterocycles. The van der Waals surface area contributed by atoms with Gasteiger partial charge < -0.3 is 10.2 Å². The van der Waals surface area contributed by atoms with Gasteiger partial charge in [0.1, 0.15) is 5.54 Å². The lowest BCUT2D eigenvalue weighted by Gasteiger charge is -2.44. The number of nitrogens with zero attached hydrogens (tertiary/aromatic N) is 1. The number of carbonyl (C=O) groups is 2. The molecule has 1 saturated carbocycles. The van der Waals surface area contributed by atoms with Gasteiger partial charge in [-0.05, 0) is 55.0 Å². The molecular formula is C22H23ClN2O2. The third kappa shape index (κ3) is 3.59. The number of nitrogens with one attached hydrogen (secondary N) is 1. The van der Waals surface area contributed by atoms with Gasteiger partial charge >= 0.3 is 0 Å². The Morgan fingerprint density at radius 3 is 2.59 bits per heavy atom. The summed E-state index contributed by atoms with van der Waals surface area (Å²) >= 11 is 5.92. The Morgan fingerprint density at radius 2 is 1.89 bits per heavy atom. The lowest BCUT2D eigenvalue weighted by atomic mass is 9.82. The van der Waals surface area contributed by atoms with E-state index in [-0.39, 0.29) is 11.8 Å². The fourth-order valence-corrected chi connectivity index (χ4v) is 3.87. The molecule has 1 heterocycles. The Morgan fingerprint density at radius 1 is 1.19 bits per heavy atom. The number of halogens is 1. The van der Waals surface area contributed by atoms with E-state index in [4.69, 9.17) is 11.6 Å². The van der Waals surface area contributed by atoms with Crippen LogP contribution in [0, 0.1) is 5.92 Å². The number of benzene rings is 2. The lowest BCUT2D eigenvalue weighted by molar-refractivity contribution is -0.132. The summed E-state index contributed by atoms with van der Waals surface area (Å²) in [5.41, 5.74) is 1.77. The SMILES string of the molecule is CC1(C(=O)NCc2ccc(Cl)cc2)Cc2ccccc2C(=O)N1CC1CC1. The fourth-order valence-electron chi connectivity index (χ4n) is 3.74. The molecule has 2 amide bonds. The van der Waals surface area contributed by atoms with Crippen molar-refractivity contribution in [2.75, 3.05) is 6.54 Å². The van der Waals surface area contributed by atoms with Crippen molar-refractivity contribution in [1.82, 2.24) is 10.2 Å². The summed E-state index contributed by atoms with van der Waals surface area (Å²) in [4.78, 5) is 28.1. The smallest absolute Gasteiger partial charge is 0.255 e. The zero-order chi connectivity index (χ0) is 19.0. The van der Waals surface area contributed by atoms with E-state index in [9.17, 15) is 9.59 Å². The maximum absolute atomic E-state index is 13.2. The van der Waals surface area contributed by atoms with Gasteiger partial charge in [-0.2, -0.15) is 0 Å². The second-order valence-electron chi connectivity index (χ2n) is 7.78.